The second-order valence-electron chi connectivity index (χ2n) is 4.32. The van der Waals surface area contributed by atoms with E-state index in [9.17, 15) is 9.59 Å². The number of benzene rings is 1. The van der Waals surface area contributed by atoms with E-state index in [1.807, 2.05) is 24.3 Å². The first-order valence-electron chi connectivity index (χ1n) is 6.30. The van der Waals surface area contributed by atoms with Gasteiger partial charge in [-0.05, 0) is 24.3 Å². The van der Waals surface area contributed by atoms with Crippen molar-refractivity contribution in [2.45, 2.75) is 4.90 Å². The van der Waals surface area contributed by atoms with Crippen LogP contribution in [0.25, 0.3) is 0 Å². The van der Waals surface area contributed by atoms with Gasteiger partial charge in [-0.25, -0.2) is 4.79 Å². The van der Waals surface area contributed by atoms with Crippen LogP contribution in [0.4, 0.5) is 5.82 Å². The molecule has 0 atom stereocenters. The first-order chi connectivity index (χ1) is 10.5. The van der Waals surface area contributed by atoms with Gasteiger partial charge < -0.3 is 10.1 Å². The van der Waals surface area contributed by atoms with E-state index in [1.165, 1.54) is 29.6 Å². The predicted molar refractivity (Wildman–Crippen MR) is 88.0 cm³/mol. The summed E-state index contributed by atoms with van der Waals surface area (Å²) < 4.78 is 7.01. The van der Waals surface area contributed by atoms with Crippen molar-refractivity contribution in [3.8, 4) is 0 Å². The SMILES string of the molecule is COC(=O)c1cc(NC(=O)CSc2ccc(Br)cc2)n(C)n1. The molecule has 0 saturated heterocycles. The number of carbonyl (C=O) groups is 2. The fourth-order valence-electron chi connectivity index (χ4n) is 1.65. The highest BCUT2D eigenvalue weighted by atomic mass is 79.9. The van der Waals surface area contributed by atoms with E-state index in [4.69, 9.17) is 0 Å². The summed E-state index contributed by atoms with van der Waals surface area (Å²) in [6.45, 7) is 0. The molecular formula is C14H14BrN3O3S. The summed E-state index contributed by atoms with van der Waals surface area (Å²) in [4.78, 5) is 24.3. The van der Waals surface area contributed by atoms with Crippen LogP contribution in [0.2, 0.25) is 0 Å². The average Bonchev–Trinajstić information content (AvgIpc) is 2.87. The quantitative estimate of drug-likeness (QED) is 0.634. The Morgan fingerprint density at radius 3 is 2.68 bits per heavy atom. The van der Waals surface area contributed by atoms with Crippen LogP contribution in [0.1, 0.15) is 10.5 Å². The van der Waals surface area contributed by atoms with Crippen LogP contribution in [0.5, 0.6) is 0 Å². The Morgan fingerprint density at radius 1 is 1.36 bits per heavy atom. The lowest BCUT2D eigenvalue weighted by molar-refractivity contribution is -0.113. The minimum absolute atomic E-state index is 0.154. The zero-order chi connectivity index (χ0) is 16.1. The van der Waals surface area contributed by atoms with Crippen LogP contribution in [-0.2, 0) is 16.6 Å². The topological polar surface area (TPSA) is 73.2 Å². The fourth-order valence-corrected chi connectivity index (χ4v) is 2.61. The molecule has 0 fully saturated rings. The van der Waals surface area contributed by atoms with Gasteiger partial charge in [-0.1, -0.05) is 15.9 Å². The zero-order valence-corrected chi connectivity index (χ0v) is 14.4. The molecule has 0 unspecified atom stereocenters. The summed E-state index contributed by atoms with van der Waals surface area (Å²) in [5, 5.41) is 6.69. The molecule has 1 heterocycles. The molecule has 0 radical (unpaired) electrons. The van der Waals surface area contributed by atoms with Gasteiger partial charge in [-0.15, -0.1) is 11.8 Å². The molecule has 1 N–H and O–H groups in total. The molecule has 116 valence electrons. The van der Waals surface area contributed by atoms with E-state index in [0.29, 0.717) is 5.82 Å². The highest BCUT2D eigenvalue weighted by Gasteiger charge is 2.14. The Kier molecular flexibility index (Phi) is 5.62. The second kappa shape index (κ2) is 7.46. The molecule has 0 aliphatic heterocycles. The van der Waals surface area contributed by atoms with Crippen molar-refractivity contribution in [3.63, 3.8) is 0 Å². The van der Waals surface area contributed by atoms with Crippen LogP contribution < -0.4 is 5.32 Å². The third-order valence-corrected chi connectivity index (χ3v) is 4.27. The van der Waals surface area contributed by atoms with Gasteiger partial charge in [-0.3, -0.25) is 9.48 Å². The summed E-state index contributed by atoms with van der Waals surface area (Å²) in [5.41, 5.74) is 0.154. The first-order valence-corrected chi connectivity index (χ1v) is 8.08. The highest BCUT2D eigenvalue weighted by Crippen LogP contribution is 2.21. The number of ether oxygens (including phenoxy) is 1. The molecule has 2 aromatic rings. The zero-order valence-electron chi connectivity index (χ0n) is 12.0. The van der Waals surface area contributed by atoms with Crippen LogP contribution in [0, 0.1) is 0 Å². The van der Waals surface area contributed by atoms with Gasteiger partial charge in [0, 0.05) is 22.5 Å². The van der Waals surface area contributed by atoms with Gasteiger partial charge in [0.1, 0.15) is 5.82 Å². The Morgan fingerprint density at radius 2 is 2.05 bits per heavy atom. The van der Waals surface area contributed by atoms with Crippen molar-refractivity contribution in [3.05, 3.63) is 40.5 Å². The standard InChI is InChI=1S/C14H14BrN3O3S/c1-18-12(7-11(17-18)14(20)21-2)16-13(19)8-22-10-5-3-9(15)4-6-10/h3-7H,8H2,1-2H3,(H,16,19). The van der Waals surface area contributed by atoms with Gasteiger partial charge >= 0.3 is 5.97 Å². The number of esters is 1. The molecule has 8 heteroatoms. The number of anilines is 1. The maximum Gasteiger partial charge on any atom is 0.358 e. The number of amides is 1. The van der Waals surface area contributed by atoms with Crippen LogP contribution in [0.15, 0.2) is 39.7 Å². The number of carbonyl (C=O) groups excluding carboxylic acids is 2. The highest BCUT2D eigenvalue weighted by molar-refractivity contribution is 9.10. The van der Waals surface area contributed by atoms with Crippen molar-refractivity contribution in [2.24, 2.45) is 7.05 Å². The Labute approximate surface area is 140 Å². The fraction of sp³-hybridized carbons (Fsp3) is 0.214. The smallest absolute Gasteiger partial charge is 0.358 e. The third-order valence-electron chi connectivity index (χ3n) is 2.73. The van der Waals surface area contributed by atoms with Gasteiger partial charge in [0.05, 0.1) is 12.9 Å². The third kappa shape index (κ3) is 4.35. The second-order valence-corrected chi connectivity index (χ2v) is 6.29. The molecule has 0 aliphatic rings. The molecular weight excluding hydrogens is 370 g/mol. The Balaban J connectivity index is 1.93. The lowest BCUT2D eigenvalue weighted by Gasteiger charge is -2.05. The molecule has 1 amide bonds. The Bertz CT molecular complexity index is 685. The maximum atomic E-state index is 12.0. The summed E-state index contributed by atoms with van der Waals surface area (Å²) in [6.07, 6.45) is 0. The first kappa shape index (κ1) is 16.6. The van der Waals surface area contributed by atoms with Gasteiger partial charge in [-0.2, -0.15) is 5.10 Å². The number of methoxy groups -OCH3 is 1. The summed E-state index contributed by atoms with van der Waals surface area (Å²) in [7, 11) is 2.92. The van der Waals surface area contributed by atoms with Crippen LogP contribution >= 0.6 is 27.7 Å². The van der Waals surface area contributed by atoms with Crippen molar-refractivity contribution in [1.29, 1.82) is 0 Å². The number of nitrogens with one attached hydrogen (secondary N) is 1. The molecule has 1 aromatic heterocycles. The molecule has 2 rings (SSSR count). The molecule has 0 spiro atoms. The number of hydrogen-bond donors (Lipinski definition) is 1. The van der Waals surface area contributed by atoms with Gasteiger partial charge in [0.25, 0.3) is 0 Å². The summed E-state index contributed by atoms with van der Waals surface area (Å²) in [6, 6.07) is 9.19. The van der Waals surface area contributed by atoms with Crippen LogP contribution in [-0.4, -0.2) is 34.5 Å². The summed E-state index contributed by atoms with van der Waals surface area (Å²) >= 11 is 4.79. The monoisotopic (exact) mass is 383 g/mol. The molecule has 22 heavy (non-hydrogen) atoms. The molecule has 1 aromatic carbocycles. The number of aryl methyl sites for hydroxylation is 1. The summed E-state index contributed by atoms with van der Waals surface area (Å²) in [5.74, 6) is -0.00475. The van der Waals surface area contributed by atoms with Crippen LogP contribution in [0.3, 0.4) is 0 Å². The number of nitrogens with zero attached hydrogens (tertiary/aromatic N) is 2. The van der Waals surface area contributed by atoms with Gasteiger partial charge in [0.2, 0.25) is 5.91 Å². The van der Waals surface area contributed by atoms with Gasteiger partial charge in [0.15, 0.2) is 5.69 Å². The predicted octanol–water partition coefficient (Wildman–Crippen LogP) is 2.70. The lowest BCUT2D eigenvalue weighted by atomic mass is 10.4. The number of hydrogen-bond acceptors (Lipinski definition) is 5. The van der Waals surface area contributed by atoms with E-state index in [2.05, 4.69) is 31.1 Å². The Hall–Kier alpha value is -1.80. The molecule has 0 aliphatic carbocycles. The van der Waals surface area contributed by atoms with E-state index in [1.54, 1.807) is 7.05 Å². The minimum atomic E-state index is -0.541. The van der Waals surface area contributed by atoms with Crippen molar-refractivity contribution in [2.75, 3.05) is 18.2 Å². The molecule has 0 bridgehead atoms. The largest absolute Gasteiger partial charge is 0.464 e. The molecule has 0 saturated carbocycles. The average molecular weight is 384 g/mol. The lowest BCUT2D eigenvalue weighted by Crippen LogP contribution is -2.16. The number of rotatable bonds is 5. The number of halogens is 1. The van der Waals surface area contributed by atoms with Crippen molar-refractivity contribution < 1.29 is 14.3 Å². The maximum absolute atomic E-state index is 12.0. The van der Waals surface area contributed by atoms with E-state index in [0.717, 1.165) is 9.37 Å². The molecule has 6 nitrogen and oxygen atoms in total. The van der Waals surface area contributed by atoms with E-state index in [-0.39, 0.29) is 17.4 Å². The van der Waals surface area contributed by atoms with E-state index < -0.39 is 5.97 Å². The van der Waals surface area contributed by atoms with Crippen molar-refractivity contribution >= 4 is 45.4 Å². The normalized spacial score (nSPS) is 10.3. The van der Waals surface area contributed by atoms with Crippen molar-refractivity contribution in [1.82, 2.24) is 9.78 Å². The minimum Gasteiger partial charge on any atom is -0.464 e. The van der Waals surface area contributed by atoms with E-state index >= 15 is 0 Å². The number of aromatic nitrogens is 2. The number of thioether (sulfide) groups is 1.